The maximum Gasteiger partial charge on any atom is 0.122 e. The normalized spacial score (nSPS) is 11.6. The molecule has 0 saturated heterocycles. The molecule has 0 saturated carbocycles. The molecule has 2 heterocycles. The van der Waals surface area contributed by atoms with Gasteiger partial charge in [-0.1, -0.05) is 0 Å². The van der Waals surface area contributed by atoms with Gasteiger partial charge in [-0.15, -0.1) is 0 Å². The SMILES string of the molecule is Brc1nc2c(c(Br)c1Br)c(Br)c(Br)c1c(Br)c(Br)c(Br)nc12. The fourth-order valence-electron chi connectivity index (χ4n) is 1.98. The minimum absolute atomic E-state index is 0.708. The molecule has 0 aliphatic carbocycles. The van der Waals surface area contributed by atoms with Crippen LogP contribution in [0.2, 0.25) is 0 Å². The Bertz CT molecular complexity index is 891. The van der Waals surface area contributed by atoms with Gasteiger partial charge in [0.1, 0.15) is 20.2 Å². The van der Waals surface area contributed by atoms with Crippen LogP contribution < -0.4 is 0 Å². The summed E-state index contributed by atoms with van der Waals surface area (Å²) in [6, 6.07) is 0. The topological polar surface area (TPSA) is 25.8 Å². The molecule has 0 aliphatic rings. The molecule has 0 amide bonds. The Kier molecular flexibility index (Phi) is 5.84. The van der Waals surface area contributed by atoms with Crippen molar-refractivity contribution in [1.29, 1.82) is 0 Å². The Morgan fingerprint density at radius 2 is 0.682 bits per heavy atom. The maximum atomic E-state index is 4.65. The second kappa shape index (κ2) is 6.89. The van der Waals surface area contributed by atoms with Crippen LogP contribution >= 0.6 is 127 Å². The van der Waals surface area contributed by atoms with E-state index in [2.05, 4.69) is 137 Å². The highest BCUT2D eigenvalue weighted by Gasteiger charge is 2.22. The van der Waals surface area contributed by atoms with Crippen molar-refractivity contribution < 1.29 is 0 Å². The smallest absolute Gasteiger partial charge is 0.122 e. The van der Waals surface area contributed by atoms with Crippen LogP contribution in [0.4, 0.5) is 0 Å². The van der Waals surface area contributed by atoms with Gasteiger partial charge in [-0.2, -0.15) is 0 Å². The zero-order valence-corrected chi connectivity index (χ0v) is 22.6. The Labute approximate surface area is 192 Å². The fourth-order valence-corrected chi connectivity index (χ4v) is 6.68. The number of halogens is 8. The summed E-state index contributed by atoms with van der Waals surface area (Å²) in [5.74, 6) is 0. The van der Waals surface area contributed by atoms with Crippen LogP contribution in [0.15, 0.2) is 36.0 Å². The third kappa shape index (κ3) is 2.85. The number of fused-ring (bicyclic) bond motifs is 3. The van der Waals surface area contributed by atoms with E-state index in [0.29, 0.717) is 9.21 Å². The summed E-state index contributed by atoms with van der Waals surface area (Å²) in [6.07, 6.45) is 0. The molecule has 0 aliphatic heterocycles. The van der Waals surface area contributed by atoms with Crippen molar-refractivity contribution in [3.63, 3.8) is 0 Å². The molecule has 10 heteroatoms. The Morgan fingerprint density at radius 3 is 1.00 bits per heavy atom. The molecule has 0 radical (unpaired) electrons. The molecule has 0 N–H and O–H groups in total. The summed E-state index contributed by atoms with van der Waals surface area (Å²) in [5, 5.41) is 1.87. The van der Waals surface area contributed by atoms with Crippen molar-refractivity contribution in [1.82, 2.24) is 9.97 Å². The van der Waals surface area contributed by atoms with Gasteiger partial charge in [-0.3, -0.25) is 0 Å². The zero-order chi connectivity index (χ0) is 16.3. The van der Waals surface area contributed by atoms with E-state index in [1.807, 2.05) is 0 Å². The Balaban J connectivity index is 2.74. The van der Waals surface area contributed by atoms with E-state index in [0.717, 1.165) is 48.6 Å². The average Bonchev–Trinajstić information content (AvgIpc) is 2.47. The lowest BCUT2D eigenvalue weighted by Gasteiger charge is -2.14. The largest absolute Gasteiger partial charge is 0.237 e. The van der Waals surface area contributed by atoms with Gasteiger partial charge in [0.15, 0.2) is 0 Å². The molecular weight excluding hydrogens is 811 g/mol. The standard InChI is InChI=1S/C12Br8N2/c13-3-1-5(15)7(17)11(19)21-9(1)10-2(4(3)14)6(16)8(18)12(20)22-10. The van der Waals surface area contributed by atoms with Gasteiger partial charge in [0.2, 0.25) is 0 Å². The number of rotatable bonds is 0. The summed E-state index contributed by atoms with van der Waals surface area (Å²) >= 11 is 28.6. The number of pyridine rings is 2. The van der Waals surface area contributed by atoms with E-state index in [-0.39, 0.29) is 0 Å². The van der Waals surface area contributed by atoms with Crippen LogP contribution in [0.5, 0.6) is 0 Å². The first-order chi connectivity index (χ1) is 10.3. The molecular formula is C12Br8N2. The van der Waals surface area contributed by atoms with Gasteiger partial charge in [0.25, 0.3) is 0 Å². The van der Waals surface area contributed by atoms with E-state index >= 15 is 0 Å². The number of nitrogens with zero attached hydrogens (tertiary/aromatic N) is 2. The van der Waals surface area contributed by atoms with E-state index in [1.165, 1.54) is 0 Å². The molecule has 0 spiro atoms. The highest BCUT2D eigenvalue weighted by molar-refractivity contribution is 9.15. The zero-order valence-electron chi connectivity index (χ0n) is 9.92. The lowest BCUT2D eigenvalue weighted by atomic mass is 10.1. The second-order valence-electron chi connectivity index (χ2n) is 4.14. The van der Waals surface area contributed by atoms with Crippen LogP contribution in [-0.2, 0) is 0 Å². The average molecular weight is 811 g/mol. The van der Waals surface area contributed by atoms with Crippen molar-refractivity contribution in [2.24, 2.45) is 0 Å². The predicted octanol–water partition coefficient (Wildman–Crippen LogP) is 8.88. The van der Waals surface area contributed by atoms with Gasteiger partial charge >= 0.3 is 0 Å². The molecule has 1 aromatic carbocycles. The van der Waals surface area contributed by atoms with Gasteiger partial charge in [-0.25, -0.2) is 9.97 Å². The lowest BCUT2D eigenvalue weighted by Crippen LogP contribution is -1.94. The summed E-state index contributed by atoms with van der Waals surface area (Å²) in [6.45, 7) is 0. The van der Waals surface area contributed by atoms with Crippen LogP contribution in [0.3, 0.4) is 0 Å². The molecule has 0 atom stereocenters. The summed E-state index contributed by atoms with van der Waals surface area (Å²) in [4.78, 5) is 9.29. The first-order valence-electron chi connectivity index (χ1n) is 5.41. The maximum absolute atomic E-state index is 4.65. The van der Waals surface area contributed by atoms with E-state index in [1.54, 1.807) is 0 Å². The third-order valence-electron chi connectivity index (χ3n) is 2.94. The number of hydrogen-bond acceptors (Lipinski definition) is 2. The highest BCUT2D eigenvalue weighted by Crippen LogP contribution is 2.48. The Morgan fingerprint density at radius 1 is 0.409 bits per heavy atom. The van der Waals surface area contributed by atoms with Crippen molar-refractivity contribution in [2.75, 3.05) is 0 Å². The molecule has 2 aromatic heterocycles. The van der Waals surface area contributed by atoms with Crippen molar-refractivity contribution in [2.45, 2.75) is 0 Å². The summed E-state index contributed by atoms with van der Waals surface area (Å²) < 4.78 is 6.72. The van der Waals surface area contributed by atoms with E-state index < -0.39 is 0 Å². The first kappa shape index (κ1) is 18.7. The van der Waals surface area contributed by atoms with Gasteiger partial charge in [0.05, 0.1) is 8.95 Å². The fraction of sp³-hybridized carbons (Fsp3) is 0. The van der Waals surface area contributed by atoms with E-state index in [9.17, 15) is 0 Å². The van der Waals surface area contributed by atoms with Crippen LogP contribution in [0.25, 0.3) is 21.8 Å². The summed E-state index contributed by atoms with van der Waals surface area (Å²) in [7, 11) is 0. The molecule has 2 nitrogen and oxygen atoms in total. The van der Waals surface area contributed by atoms with Gasteiger partial charge in [-0.05, 0) is 127 Å². The minimum atomic E-state index is 0.708. The molecule has 114 valence electrons. The summed E-state index contributed by atoms with van der Waals surface area (Å²) in [5.41, 5.74) is 1.56. The van der Waals surface area contributed by atoms with Crippen molar-refractivity contribution in [3.8, 4) is 0 Å². The monoisotopic (exact) mass is 803 g/mol. The number of aromatic nitrogens is 2. The second-order valence-corrected chi connectivity index (χ2v) is 10.4. The van der Waals surface area contributed by atoms with Crippen molar-refractivity contribution >= 4 is 149 Å². The molecule has 0 fully saturated rings. The quantitative estimate of drug-likeness (QED) is 0.168. The highest BCUT2D eigenvalue weighted by atomic mass is 79.9. The molecule has 3 aromatic rings. The van der Waals surface area contributed by atoms with Gasteiger partial charge < -0.3 is 0 Å². The predicted molar refractivity (Wildman–Crippen MR) is 119 cm³/mol. The van der Waals surface area contributed by atoms with Crippen LogP contribution in [0.1, 0.15) is 0 Å². The molecule has 0 bridgehead atoms. The first-order valence-corrected chi connectivity index (χ1v) is 11.8. The molecule has 22 heavy (non-hydrogen) atoms. The molecule has 0 unspecified atom stereocenters. The van der Waals surface area contributed by atoms with Crippen LogP contribution in [-0.4, -0.2) is 9.97 Å². The Hall–Kier alpha value is 1.88. The van der Waals surface area contributed by atoms with Crippen LogP contribution in [0, 0.1) is 0 Å². The molecule has 3 rings (SSSR count). The number of benzene rings is 1. The number of hydrogen-bond donors (Lipinski definition) is 0. The van der Waals surface area contributed by atoms with Gasteiger partial charge in [0, 0.05) is 28.7 Å². The van der Waals surface area contributed by atoms with Crippen molar-refractivity contribution in [3.05, 3.63) is 36.0 Å². The minimum Gasteiger partial charge on any atom is -0.237 e. The lowest BCUT2D eigenvalue weighted by molar-refractivity contribution is 1.27. The van der Waals surface area contributed by atoms with E-state index in [4.69, 9.17) is 0 Å². The third-order valence-corrected chi connectivity index (χ3v) is 11.5.